The van der Waals surface area contributed by atoms with Crippen LogP contribution in [0.1, 0.15) is 5.56 Å². The molecule has 0 bridgehead atoms. The van der Waals surface area contributed by atoms with Gasteiger partial charge in [0.05, 0.1) is 0 Å². The first-order chi connectivity index (χ1) is 10.0. The van der Waals surface area contributed by atoms with Crippen LogP contribution in [-0.2, 0) is 0 Å². The molecule has 0 fully saturated rings. The lowest BCUT2D eigenvalue weighted by molar-refractivity contribution is 0.607. The number of nitrogen functional groups attached to an aromatic ring is 1. The summed E-state index contributed by atoms with van der Waals surface area (Å²) in [5, 5.41) is 11.5. The normalized spacial score (nSPS) is 10.8. The zero-order valence-corrected chi connectivity index (χ0v) is 12.7. The molecule has 21 heavy (non-hydrogen) atoms. The van der Waals surface area contributed by atoms with E-state index in [2.05, 4.69) is 31.5 Å². The van der Waals surface area contributed by atoms with Crippen molar-refractivity contribution in [1.29, 1.82) is 0 Å². The molecule has 0 unspecified atom stereocenters. The Morgan fingerprint density at radius 3 is 2.76 bits per heavy atom. The van der Waals surface area contributed by atoms with Gasteiger partial charge in [0.25, 0.3) is 0 Å². The number of benzene rings is 2. The minimum Gasteiger partial charge on any atom is -0.399 e. The molecular formula is C14H11BrFN5. The van der Waals surface area contributed by atoms with Gasteiger partial charge in [-0.05, 0) is 53.2 Å². The molecule has 0 aliphatic rings. The van der Waals surface area contributed by atoms with Crippen LogP contribution in [0.5, 0.6) is 0 Å². The predicted octanol–water partition coefficient (Wildman–Crippen LogP) is 3.12. The summed E-state index contributed by atoms with van der Waals surface area (Å²) in [6, 6.07) is 10.1. The number of nitrogens with zero attached hydrogens (tertiary/aromatic N) is 4. The van der Waals surface area contributed by atoms with Gasteiger partial charge >= 0.3 is 0 Å². The Morgan fingerprint density at radius 2 is 2.00 bits per heavy atom. The van der Waals surface area contributed by atoms with Crippen molar-refractivity contribution in [2.75, 3.05) is 5.73 Å². The molecular weight excluding hydrogens is 337 g/mol. The second-order valence-corrected chi connectivity index (χ2v) is 5.56. The number of hydrogen-bond acceptors (Lipinski definition) is 4. The summed E-state index contributed by atoms with van der Waals surface area (Å²) < 4.78 is 16.2. The van der Waals surface area contributed by atoms with Crippen LogP contribution in [0.3, 0.4) is 0 Å². The minimum atomic E-state index is -0.392. The van der Waals surface area contributed by atoms with E-state index in [0.717, 1.165) is 10.0 Å². The fourth-order valence-electron chi connectivity index (χ4n) is 2.06. The SMILES string of the molecule is Cc1ccc(F)c(-n2nnnc2-c2cc(N)cc(Br)c2)c1. The first kappa shape index (κ1) is 13.7. The van der Waals surface area contributed by atoms with Crippen LogP contribution in [0.15, 0.2) is 40.9 Å². The van der Waals surface area contributed by atoms with Crippen molar-refractivity contribution in [2.45, 2.75) is 6.92 Å². The van der Waals surface area contributed by atoms with Gasteiger partial charge in [-0.15, -0.1) is 5.10 Å². The van der Waals surface area contributed by atoms with Crippen molar-refractivity contribution in [3.05, 3.63) is 52.3 Å². The van der Waals surface area contributed by atoms with Crippen molar-refractivity contribution in [2.24, 2.45) is 0 Å². The molecule has 106 valence electrons. The summed E-state index contributed by atoms with van der Waals surface area (Å²) in [5.41, 5.74) is 8.31. The molecule has 0 amide bonds. The summed E-state index contributed by atoms with van der Waals surface area (Å²) in [6.07, 6.45) is 0. The Kier molecular flexibility index (Phi) is 3.42. The lowest BCUT2D eigenvalue weighted by atomic mass is 10.1. The van der Waals surface area contributed by atoms with Crippen LogP contribution in [0.25, 0.3) is 17.1 Å². The van der Waals surface area contributed by atoms with E-state index in [0.29, 0.717) is 22.8 Å². The van der Waals surface area contributed by atoms with E-state index < -0.39 is 5.82 Å². The number of tetrazole rings is 1. The summed E-state index contributed by atoms with van der Waals surface area (Å²) >= 11 is 3.37. The molecule has 0 saturated carbocycles. The summed E-state index contributed by atoms with van der Waals surface area (Å²) in [5.74, 6) is 0.0321. The topological polar surface area (TPSA) is 69.6 Å². The van der Waals surface area contributed by atoms with Crippen LogP contribution in [0.4, 0.5) is 10.1 Å². The third-order valence-electron chi connectivity index (χ3n) is 2.98. The van der Waals surface area contributed by atoms with E-state index in [4.69, 9.17) is 5.73 Å². The van der Waals surface area contributed by atoms with Crippen LogP contribution in [-0.4, -0.2) is 20.2 Å². The highest BCUT2D eigenvalue weighted by Crippen LogP contribution is 2.26. The average molecular weight is 348 g/mol. The van der Waals surface area contributed by atoms with Crippen molar-refractivity contribution in [3.63, 3.8) is 0 Å². The molecule has 5 nitrogen and oxygen atoms in total. The predicted molar refractivity (Wildman–Crippen MR) is 81.4 cm³/mol. The summed E-state index contributed by atoms with van der Waals surface area (Å²) in [7, 11) is 0. The number of anilines is 1. The van der Waals surface area contributed by atoms with Gasteiger partial charge in [-0.2, -0.15) is 4.68 Å². The number of rotatable bonds is 2. The van der Waals surface area contributed by atoms with Crippen LogP contribution in [0, 0.1) is 12.7 Å². The fraction of sp³-hybridized carbons (Fsp3) is 0.0714. The zero-order valence-electron chi connectivity index (χ0n) is 11.1. The van der Waals surface area contributed by atoms with Gasteiger partial charge in [0.1, 0.15) is 11.5 Å². The largest absolute Gasteiger partial charge is 0.399 e. The average Bonchev–Trinajstić information content (AvgIpc) is 2.89. The van der Waals surface area contributed by atoms with Crippen molar-refractivity contribution in [3.8, 4) is 17.1 Å². The molecule has 2 aromatic carbocycles. The highest BCUT2D eigenvalue weighted by molar-refractivity contribution is 9.10. The molecule has 0 spiro atoms. The maximum Gasteiger partial charge on any atom is 0.187 e. The standard InChI is InChI=1S/C14H11BrFN5/c1-8-2-3-12(16)13(4-8)21-14(18-19-20-21)9-5-10(15)7-11(17)6-9/h2-7H,17H2,1H3. The van der Waals surface area contributed by atoms with Gasteiger partial charge in [-0.1, -0.05) is 22.0 Å². The second-order valence-electron chi connectivity index (χ2n) is 4.64. The lowest BCUT2D eigenvalue weighted by Gasteiger charge is -2.08. The highest BCUT2D eigenvalue weighted by atomic mass is 79.9. The number of hydrogen-bond donors (Lipinski definition) is 1. The minimum absolute atomic E-state index is 0.300. The molecule has 1 aromatic heterocycles. The lowest BCUT2D eigenvalue weighted by Crippen LogP contribution is -2.03. The third-order valence-corrected chi connectivity index (χ3v) is 3.44. The Hall–Kier alpha value is -2.28. The maximum absolute atomic E-state index is 14.0. The number of nitrogens with two attached hydrogens (primary N) is 1. The van der Waals surface area contributed by atoms with Gasteiger partial charge in [-0.3, -0.25) is 0 Å². The highest BCUT2D eigenvalue weighted by Gasteiger charge is 2.15. The summed E-state index contributed by atoms with van der Waals surface area (Å²) in [4.78, 5) is 0. The molecule has 0 aliphatic carbocycles. The molecule has 2 N–H and O–H groups in total. The molecule has 3 rings (SSSR count). The van der Waals surface area contributed by atoms with Gasteiger partial charge in [0.2, 0.25) is 0 Å². The molecule has 0 atom stereocenters. The van der Waals surface area contributed by atoms with Gasteiger partial charge < -0.3 is 5.73 Å². The first-order valence-corrected chi connectivity index (χ1v) is 6.95. The van der Waals surface area contributed by atoms with Crippen molar-refractivity contribution in [1.82, 2.24) is 20.2 Å². The Morgan fingerprint density at radius 1 is 1.19 bits per heavy atom. The molecule has 0 radical (unpaired) electrons. The maximum atomic E-state index is 14.0. The van der Waals surface area contributed by atoms with E-state index in [9.17, 15) is 4.39 Å². The van der Waals surface area contributed by atoms with E-state index in [1.807, 2.05) is 13.0 Å². The Labute approximate surface area is 128 Å². The zero-order chi connectivity index (χ0) is 15.0. The van der Waals surface area contributed by atoms with E-state index >= 15 is 0 Å². The number of halogens is 2. The van der Waals surface area contributed by atoms with Gasteiger partial charge in [-0.25, -0.2) is 4.39 Å². The number of aryl methyl sites for hydroxylation is 1. The van der Waals surface area contributed by atoms with Gasteiger partial charge in [0.15, 0.2) is 5.82 Å². The van der Waals surface area contributed by atoms with Crippen molar-refractivity contribution >= 4 is 21.6 Å². The molecule has 3 aromatic rings. The monoisotopic (exact) mass is 347 g/mol. The van der Waals surface area contributed by atoms with Crippen LogP contribution < -0.4 is 5.73 Å². The first-order valence-electron chi connectivity index (χ1n) is 6.16. The molecule has 1 heterocycles. The van der Waals surface area contributed by atoms with E-state index in [1.165, 1.54) is 10.7 Å². The fourth-order valence-corrected chi connectivity index (χ4v) is 2.57. The number of aromatic nitrogens is 4. The second kappa shape index (κ2) is 5.25. The Bertz CT molecular complexity index is 795. The molecule has 7 heteroatoms. The molecule has 0 aliphatic heterocycles. The third kappa shape index (κ3) is 2.64. The smallest absolute Gasteiger partial charge is 0.187 e. The Balaban J connectivity index is 2.19. The quantitative estimate of drug-likeness (QED) is 0.723. The molecule has 0 saturated heterocycles. The van der Waals surface area contributed by atoms with Gasteiger partial charge in [0, 0.05) is 15.7 Å². The summed E-state index contributed by atoms with van der Waals surface area (Å²) in [6.45, 7) is 1.88. The van der Waals surface area contributed by atoms with Crippen molar-refractivity contribution < 1.29 is 4.39 Å². The van der Waals surface area contributed by atoms with E-state index in [1.54, 1.807) is 24.3 Å². The van der Waals surface area contributed by atoms with E-state index in [-0.39, 0.29) is 0 Å². The van der Waals surface area contributed by atoms with Crippen LogP contribution in [0.2, 0.25) is 0 Å². The van der Waals surface area contributed by atoms with Crippen LogP contribution >= 0.6 is 15.9 Å².